The molecule has 1 rings (SSSR count). The van der Waals surface area contributed by atoms with Gasteiger partial charge in [-0.3, -0.25) is 4.79 Å². The van der Waals surface area contributed by atoms with E-state index in [1.807, 2.05) is 37.3 Å². The van der Waals surface area contributed by atoms with Gasteiger partial charge in [0, 0.05) is 0 Å². The van der Waals surface area contributed by atoms with E-state index < -0.39 is 0 Å². The van der Waals surface area contributed by atoms with E-state index in [1.165, 1.54) is 12.7 Å². The van der Waals surface area contributed by atoms with Crippen molar-refractivity contribution in [3.63, 3.8) is 0 Å². The Morgan fingerprint density at radius 2 is 2.00 bits per heavy atom. The Kier molecular flexibility index (Phi) is 4.17. The lowest BCUT2D eigenvalue weighted by Gasteiger charge is -2.11. The van der Waals surface area contributed by atoms with Gasteiger partial charge in [0.15, 0.2) is 0 Å². The normalized spacial score (nSPS) is 12.1. The summed E-state index contributed by atoms with van der Waals surface area (Å²) >= 11 is 0. The summed E-state index contributed by atoms with van der Waals surface area (Å²) in [5, 5.41) is 0. The summed E-state index contributed by atoms with van der Waals surface area (Å²) in [5.41, 5.74) is 1.18. The monoisotopic (exact) mass is 192 g/mol. The van der Waals surface area contributed by atoms with Gasteiger partial charge in [-0.25, -0.2) is 0 Å². The molecule has 0 saturated heterocycles. The summed E-state index contributed by atoms with van der Waals surface area (Å²) in [6.07, 6.45) is 1.59. The summed E-state index contributed by atoms with van der Waals surface area (Å²) in [7, 11) is 1.44. The van der Waals surface area contributed by atoms with Crippen LogP contribution in [0, 0.1) is 5.92 Å². The largest absolute Gasteiger partial charge is 0.469 e. The maximum atomic E-state index is 11.3. The molecule has 1 atom stereocenters. The van der Waals surface area contributed by atoms with E-state index in [1.54, 1.807) is 0 Å². The Hall–Kier alpha value is -1.31. The van der Waals surface area contributed by atoms with Crippen LogP contribution in [0.5, 0.6) is 0 Å². The van der Waals surface area contributed by atoms with Gasteiger partial charge in [0.25, 0.3) is 0 Å². The van der Waals surface area contributed by atoms with Gasteiger partial charge >= 0.3 is 5.97 Å². The molecule has 0 radical (unpaired) electrons. The van der Waals surface area contributed by atoms with E-state index in [0.29, 0.717) is 0 Å². The van der Waals surface area contributed by atoms with Gasteiger partial charge in [-0.1, -0.05) is 37.3 Å². The maximum absolute atomic E-state index is 11.3. The van der Waals surface area contributed by atoms with Gasteiger partial charge in [0.05, 0.1) is 13.0 Å². The van der Waals surface area contributed by atoms with Crippen LogP contribution in [0.1, 0.15) is 18.9 Å². The van der Waals surface area contributed by atoms with Gasteiger partial charge < -0.3 is 4.74 Å². The number of esters is 1. The fourth-order valence-electron chi connectivity index (χ4n) is 1.46. The SMILES string of the molecule is CC[C@H](Cc1ccccc1)C(=O)OC. The van der Waals surface area contributed by atoms with Gasteiger partial charge in [-0.2, -0.15) is 0 Å². The highest BCUT2D eigenvalue weighted by Gasteiger charge is 2.16. The van der Waals surface area contributed by atoms with Crippen LogP contribution in [0.2, 0.25) is 0 Å². The van der Waals surface area contributed by atoms with Crippen molar-refractivity contribution in [3.8, 4) is 0 Å². The van der Waals surface area contributed by atoms with Crippen molar-refractivity contribution < 1.29 is 9.53 Å². The highest BCUT2D eigenvalue weighted by atomic mass is 16.5. The molecule has 2 heteroatoms. The molecular formula is C12H16O2. The molecule has 1 aromatic carbocycles. The molecule has 0 aromatic heterocycles. The van der Waals surface area contributed by atoms with E-state index in [-0.39, 0.29) is 11.9 Å². The average Bonchev–Trinajstić information content (AvgIpc) is 2.26. The second-order valence-corrected chi connectivity index (χ2v) is 3.32. The van der Waals surface area contributed by atoms with Crippen molar-refractivity contribution in [1.29, 1.82) is 0 Å². The number of hydrogen-bond donors (Lipinski definition) is 0. The van der Waals surface area contributed by atoms with Crippen LogP contribution in [-0.2, 0) is 16.0 Å². The number of methoxy groups -OCH3 is 1. The van der Waals surface area contributed by atoms with E-state index in [9.17, 15) is 4.79 Å². The van der Waals surface area contributed by atoms with Gasteiger partial charge in [0.2, 0.25) is 0 Å². The zero-order chi connectivity index (χ0) is 10.4. The molecule has 0 N–H and O–H groups in total. The highest BCUT2D eigenvalue weighted by molar-refractivity contribution is 5.72. The minimum Gasteiger partial charge on any atom is -0.469 e. The third kappa shape index (κ3) is 2.87. The molecule has 14 heavy (non-hydrogen) atoms. The van der Waals surface area contributed by atoms with Crippen molar-refractivity contribution in [2.75, 3.05) is 7.11 Å². The topological polar surface area (TPSA) is 26.3 Å². The minimum atomic E-state index is -0.114. The Morgan fingerprint density at radius 3 is 2.50 bits per heavy atom. The van der Waals surface area contributed by atoms with Gasteiger partial charge in [-0.05, 0) is 18.4 Å². The standard InChI is InChI=1S/C12H16O2/c1-3-11(12(13)14-2)9-10-7-5-4-6-8-10/h4-8,11H,3,9H2,1-2H3/t11-/m1/s1. The first-order valence-electron chi connectivity index (χ1n) is 4.89. The van der Waals surface area contributed by atoms with Crippen LogP contribution >= 0.6 is 0 Å². The number of carbonyl (C=O) groups is 1. The van der Waals surface area contributed by atoms with Crippen molar-refractivity contribution >= 4 is 5.97 Å². The molecule has 0 saturated carbocycles. The zero-order valence-electron chi connectivity index (χ0n) is 8.69. The van der Waals surface area contributed by atoms with E-state index in [2.05, 4.69) is 0 Å². The highest BCUT2D eigenvalue weighted by Crippen LogP contribution is 2.13. The molecule has 0 fully saturated rings. The lowest BCUT2D eigenvalue weighted by atomic mass is 9.97. The Morgan fingerprint density at radius 1 is 1.36 bits per heavy atom. The summed E-state index contributed by atoms with van der Waals surface area (Å²) in [6, 6.07) is 10.0. The number of ether oxygens (including phenoxy) is 1. The van der Waals surface area contributed by atoms with Crippen molar-refractivity contribution in [2.24, 2.45) is 5.92 Å². The quantitative estimate of drug-likeness (QED) is 0.685. The fourth-order valence-corrected chi connectivity index (χ4v) is 1.46. The van der Waals surface area contributed by atoms with Crippen LogP contribution < -0.4 is 0 Å². The van der Waals surface area contributed by atoms with Crippen LogP contribution in [-0.4, -0.2) is 13.1 Å². The van der Waals surface area contributed by atoms with Crippen molar-refractivity contribution in [3.05, 3.63) is 35.9 Å². The smallest absolute Gasteiger partial charge is 0.308 e. The Balaban J connectivity index is 2.62. The second-order valence-electron chi connectivity index (χ2n) is 3.32. The summed E-state index contributed by atoms with van der Waals surface area (Å²) < 4.78 is 4.74. The molecule has 0 aliphatic carbocycles. The lowest BCUT2D eigenvalue weighted by Crippen LogP contribution is -2.17. The molecule has 2 nitrogen and oxygen atoms in total. The zero-order valence-corrected chi connectivity index (χ0v) is 8.69. The van der Waals surface area contributed by atoms with E-state index in [0.717, 1.165) is 12.8 Å². The molecule has 0 aliphatic rings. The number of benzene rings is 1. The summed E-state index contributed by atoms with van der Waals surface area (Å²) in [6.45, 7) is 2.00. The molecule has 0 unspecified atom stereocenters. The van der Waals surface area contributed by atoms with Gasteiger partial charge in [-0.15, -0.1) is 0 Å². The molecule has 0 heterocycles. The van der Waals surface area contributed by atoms with E-state index >= 15 is 0 Å². The second kappa shape index (κ2) is 5.43. The maximum Gasteiger partial charge on any atom is 0.308 e. The van der Waals surface area contributed by atoms with Gasteiger partial charge in [0.1, 0.15) is 0 Å². The van der Waals surface area contributed by atoms with Crippen molar-refractivity contribution in [1.82, 2.24) is 0 Å². The van der Waals surface area contributed by atoms with E-state index in [4.69, 9.17) is 4.74 Å². The Labute approximate surface area is 84.9 Å². The molecule has 0 spiro atoms. The average molecular weight is 192 g/mol. The Bertz CT molecular complexity index is 280. The number of rotatable bonds is 4. The number of hydrogen-bond acceptors (Lipinski definition) is 2. The lowest BCUT2D eigenvalue weighted by molar-refractivity contribution is -0.145. The molecule has 0 amide bonds. The molecule has 0 bridgehead atoms. The first-order valence-corrected chi connectivity index (χ1v) is 4.89. The van der Waals surface area contributed by atoms with Crippen LogP contribution in [0.15, 0.2) is 30.3 Å². The van der Waals surface area contributed by atoms with Crippen molar-refractivity contribution in [2.45, 2.75) is 19.8 Å². The first-order chi connectivity index (χ1) is 6.77. The number of carbonyl (C=O) groups excluding carboxylic acids is 1. The molecular weight excluding hydrogens is 176 g/mol. The molecule has 76 valence electrons. The minimum absolute atomic E-state index is 0.0117. The predicted octanol–water partition coefficient (Wildman–Crippen LogP) is 2.43. The molecule has 1 aromatic rings. The molecule has 0 aliphatic heterocycles. The van der Waals surface area contributed by atoms with Crippen LogP contribution in [0.3, 0.4) is 0 Å². The third-order valence-electron chi connectivity index (χ3n) is 2.35. The fraction of sp³-hybridized carbons (Fsp3) is 0.417. The summed E-state index contributed by atoms with van der Waals surface area (Å²) in [5.74, 6) is -0.126. The van der Waals surface area contributed by atoms with Crippen LogP contribution in [0.25, 0.3) is 0 Å². The third-order valence-corrected chi connectivity index (χ3v) is 2.35. The summed E-state index contributed by atoms with van der Waals surface area (Å²) in [4.78, 5) is 11.3. The first kappa shape index (κ1) is 10.8. The predicted molar refractivity (Wildman–Crippen MR) is 55.9 cm³/mol. The van der Waals surface area contributed by atoms with Crippen LogP contribution in [0.4, 0.5) is 0 Å².